The molecule has 0 saturated carbocycles. The van der Waals surface area contributed by atoms with Crippen molar-refractivity contribution < 1.29 is 10.0 Å². The summed E-state index contributed by atoms with van der Waals surface area (Å²) in [5.41, 5.74) is 1.21. The maximum absolute atomic E-state index is 11.2. The average Bonchev–Trinajstić information content (AvgIpc) is 2.39. The molecular weight excluding hydrogens is 244 g/mol. The molecule has 5 heteroatoms. The molecular formula is C14H22N2O3. The molecule has 19 heavy (non-hydrogen) atoms. The van der Waals surface area contributed by atoms with Crippen molar-refractivity contribution in [3.63, 3.8) is 0 Å². The topological polar surface area (TPSA) is 66.6 Å². The number of nitro benzene ring substituents is 1. The SMILES string of the molecule is CCC(CC)N(C)c1ccc(C(C)O)cc1[N+](=O)[O-]. The molecule has 1 unspecified atom stereocenters. The fourth-order valence-corrected chi connectivity index (χ4v) is 2.28. The molecule has 106 valence electrons. The van der Waals surface area contributed by atoms with Crippen LogP contribution in [0.15, 0.2) is 18.2 Å². The van der Waals surface area contributed by atoms with Crippen LogP contribution in [0.3, 0.4) is 0 Å². The molecule has 0 radical (unpaired) electrons. The summed E-state index contributed by atoms with van der Waals surface area (Å²) in [6.45, 7) is 5.74. The van der Waals surface area contributed by atoms with Gasteiger partial charge < -0.3 is 10.0 Å². The van der Waals surface area contributed by atoms with Crippen molar-refractivity contribution in [1.29, 1.82) is 0 Å². The Morgan fingerprint density at radius 2 is 1.95 bits per heavy atom. The Bertz CT molecular complexity index is 442. The summed E-state index contributed by atoms with van der Waals surface area (Å²) in [6, 6.07) is 5.19. The van der Waals surface area contributed by atoms with E-state index in [0.29, 0.717) is 11.3 Å². The van der Waals surface area contributed by atoms with Gasteiger partial charge in [-0.05, 0) is 31.4 Å². The molecule has 0 aliphatic carbocycles. The third-order valence-corrected chi connectivity index (χ3v) is 3.55. The van der Waals surface area contributed by atoms with E-state index in [-0.39, 0.29) is 16.7 Å². The van der Waals surface area contributed by atoms with Crippen LogP contribution in [0.1, 0.15) is 45.3 Å². The number of benzene rings is 1. The van der Waals surface area contributed by atoms with Gasteiger partial charge in [-0.2, -0.15) is 0 Å². The fraction of sp³-hybridized carbons (Fsp3) is 0.571. The summed E-state index contributed by atoms with van der Waals surface area (Å²) in [5, 5.41) is 20.7. The summed E-state index contributed by atoms with van der Waals surface area (Å²) < 4.78 is 0. The van der Waals surface area contributed by atoms with Crippen molar-refractivity contribution in [2.45, 2.75) is 45.8 Å². The molecule has 0 aromatic heterocycles. The number of hydrogen-bond acceptors (Lipinski definition) is 4. The van der Waals surface area contributed by atoms with Crippen LogP contribution in [-0.4, -0.2) is 23.1 Å². The molecule has 0 spiro atoms. The molecule has 0 aliphatic heterocycles. The van der Waals surface area contributed by atoms with E-state index < -0.39 is 6.10 Å². The number of nitro groups is 1. The van der Waals surface area contributed by atoms with Crippen molar-refractivity contribution >= 4 is 11.4 Å². The number of hydrogen-bond donors (Lipinski definition) is 1. The number of aliphatic hydroxyl groups is 1. The zero-order valence-corrected chi connectivity index (χ0v) is 12.0. The van der Waals surface area contributed by atoms with E-state index >= 15 is 0 Å². The van der Waals surface area contributed by atoms with Gasteiger partial charge in [0.05, 0.1) is 11.0 Å². The van der Waals surface area contributed by atoms with E-state index in [9.17, 15) is 15.2 Å². The lowest BCUT2D eigenvalue weighted by atomic mass is 10.1. The summed E-state index contributed by atoms with van der Waals surface area (Å²) in [7, 11) is 1.88. The molecule has 1 aromatic carbocycles. The van der Waals surface area contributed by atoms with E-state index in [1.807, 2.05) is 11.9 Å². The zero-order chi connectivity index (χ0) is 14.6. The van der Waals surface area contributed by atoms with Gasteiger partial charge in [-0.25, -0.2) is 0 Å². The normalized spacial score (nSPS) is 12.5. The highest BCUT2D eigenvalue weighted by Crippen LogP contribution is 2.32. The minimum absolute atomic E-state index is 0.0489. The Balaban J connectivity index is 3.23. The maximum Gasteiger partial charge on any atom is 0.292 e. The van der Waals surface area contributed by atoms with E-state index in [1.165, 1.54) is 6.07 Å². The largest absolute Gasteiger partial charge is 0.389 e. The van der Waals surface area contributed by atoms with E-state index in [1.54, 1.807) is 19.1 Å². The Labute approximate surface area is 114 Å². The summed E-state index contributed by atoms with van der Waals surface area (Å²) in [4.78, 5) is 12.8. The third-order valence-electron chi connectivity index (χ3n) is 3.55. The van der Waals surface area contributed by atoms with Gasteiger partial charge in [0, 0.05) is 19.2 Å². The predicted octanol–water partition coefficient (Wildman–Crippen LogP) is 3.27. The number of nitrogens with zero attached hydrogens (tertiary/aromatic N) is 2. The monoisotopic (exact) mass is 266 g/mol. The standard InChI is InChI=1S/C14H22N2O3/c1-5-12(6-2)15(4)13-8-7-11(10(3)17)9-14(13)16(18)19/h7-10,12,17H,5-6H2,1-4H3. The smallest absolute Gasteiger partial charge is 0.292 e. The first-order valence-corrected chi connectivity index (χ1v) is 6.61. The van der Waals surface area contributed by atoms with Gasteiger partial charge in [0.2, 0.25) is 0 Å². The first-order chi connectivity index (χ1) is 8.92. The lowest BCUT2D eigenvalue weighted by molar-refractivity contribution is -0.384. The molecule has 1 aromatic rings. The van der Waals surface area contributed by atoms with Gasteiger partial charge in [0.25, 0.3) is 5.69 Å². The van der Waals surface area contributed by atoms with E-state index in [0.717, 1.165) is 12.8 Å². The molecule has 1 atom stereocenters. The predicted molar refractivity (Wildman–Crippen MR) is 76.5 cm³/mol. The van der Waals surface area contributed by atoms with Crippen LogP contribution in [0, 0.1) is 10.1 Å². The van der Waals surface area contributed by atoms with E-state index in [4.69, 9.17) is 0 Å². The maximum atomic E-state index is 11.2. The van der Waals surface area contributed by atoms with Gasteiger partial charge in [-0.3, -0.25) is 10.1 Å². The van der Waals surface area contributed by atoms with Crippen LogP contribution >= 0.6 is 0 Å². The Morgan fingerprint density at radius 1 is 1.37 bits per heavy atom. The van der Waals surface area contributed by atoms with Gasteiger partial charge in [0.1, 0.15) is 5.69 Å². The summed E-state index contributed by atoms with van der Waals surface area (Å²) >= 11 is 0. The second-order valence-corrected chi connectivity index (χ2v) is 4.76. The highest BCUT2D eigenvalue weighted by molar-refractivity contribution is 5.64. The second-order valence-electron chi connectivity index (χ2n) is 4.76. The lowest BCUT2D eigenvalue weighted by Crippen LogP contribution is -2.30. The van der Waals surface area contributed by atoms with Crippen LogP contribution in [0.5, 0.6) is 0 Å². The Morgan fingerprint density at radius 3 is 2.37 bits per heavy atom. The molecule has 0 amide bonds. The molecule has 5 nitrogen and oxygen atoms in total. The number of rotatable bonds is 6. The van der Waals surface area contributed by atoms with Gasteiger partial charge >= 0.3 is 0 Å². The molecule has 0 heterocycles. The first kappa shape index (κ1) is 15.4. The molecule has 0 saturated heterocycles. The molecule has 1 N–H and O–H groups in total. The molecule has 0 bridgehead atoms. The summed E-state index contributed by atoms with van der Waals surface area (Å²) in [5.74, 6) is 0. The molecule has 0 fully saturated rings. The van der Waals surface area contributed by atoms with Crippen molar-refractivity contribution in [3.8, 4) is 0 Å². The summed E-state index contributed by atoms with van der Waals surface area (Å²) in [6.07, 6.45) is 1.16. The van der Waals surface area contributed by atoms with E-state index in [2.05, 4.69) is 13.8 Å². The Kier molecular flexibility index (Phi) is 5.30. The Hall–Kier alpha value is -1.62. The minimum Gasteiger partial charge on any atom is -0.389 e. The molecule has 1 rings (SSSR count). The first-order valence-electron chi connectivity index (χ1n) is 6.61. The van der Waals surface area contributed by atoms with Crippen LogP contribution < -0.4 is 4.90 Å². The van der Waals surface area contributed by atoms with Gasteiger partial charge in [0.15, 0.2) is 0 Å². The average molecular weight is 266 g/mol. The quantitative estimate of drug-likeness (QED) is 0.634. The fourth-order valence-electron chi connectivity index (χ4n) is 2.28. The van der Waals surface area contributed by atoms with Crippen molar-refractivity contribution in [1.82, 2.24) is 0 Å². The van der Waals surface area contributed by atoms with Crippen LogP contribution in [0.25, 0.3) is 0 Å². The highest BCUT2D eigenvalue weighted by Gasteiger charge is 2.22. The van der Waals surface area contributed by atoms with Crippen molar-refractivity contribution in [2.24, 2.45) is 0 Å². The molecule has 0 aliphatic rings. The number of aliphatic hydroxyl groups excluding tert-OH is 1. The van der Waals surface area contributed by atoms with Crippen LogP contribution in [0.4, 0.5) is 11.4 Å². The number of anilines is 1. The minimum atomic E-state index is -0.703. The highest BCUT2D eigenvalue weighted by atomic mass is 16.6. The van der Waals surface area contributed by atoms with Gasteiger partial charge in [-0.15, -0.1) is 0 Å². The van der Waals surface area contributed by atoms with Gasteiger partial charge in [-0.1, -0.05) is 19.9 Å². The zero-order valence-electron chi connectivity index (χ0n) is 12.0. The lowest BCUT2D eigenvalue weighted by Gasteiger charge is -2.28. The van der Waals surface area contributed by atoms with Crippen LogP contribution in [-0.2, 0) is 0 Å². The van der Waals surface area contributed by atoms with Crippen molar-refractivity contribution in [3.05, 3.63) is 33.9 Å². The van der Waals surface area contributed by atoms with Crippen molar-refractivity contribution in [2.75, 3.05) is 11.9 Å². The van der Waals surface area contributed by atoms with Crippen LogP contribution in [0.2, 0.25) is 0 Å². The third kappa shape index (κ3) is 3.44. The second kappa shape index (κ2) is 6.52.